The van der Waals surface area contributed by atoms with Crippen LogP contribution in [0.5, 0.6) is 5.75 Å². The van der Waals surface area contributed by atoms with Gasteiger partial charge in [0.15, 0.2) is 0 Å². The number of amides is 1. The van der Waals surface area contributed by atoms with Gasteiger partial charge in [0.05, 0.1) is 18.2 Å². The van der Waals surface area contributed by atoms with Gasteiger partial charge in [0, 0.05) is 22.6 Å². The van der Waals surface area contributed by atoms with Gasteiger partial charge < -0.3 is 10.1 Å². The maximum absolute atomic E-state index is 13.0. The summed E-state index contributed by atoms with van der Waals surface area (Å²) in [5.41, 5.74) is 4.85. The van der Waals surface area contributed by atoms with Crippen LogP contribution in [-0.2, 0) is 19.3 Å². The van der Waals surface area contributed by atoms with E-state index in [-0.39, 0.29) is 5.91 Å². The van der Waals surface area contributed by atoms with Gasteiger partial charge in [0.25, 0.3) is 5.91 Å². The first-order chi connectivity index (χ1) is 13.2. The van der Waals surface area contributed by atoms with Crippen LogP contribution in [0.25, 0.3) is 10.9 Å². The first kappa shape index (κ1) is 17.8. The molecule has 0 aliphatic heterocycles. The highest BCUT2D eigenvalue weighted by atomic mass is 35.5. The van der Waals surface area contributed by atoms with Crippen LogP contribution in [0.3, 0.4) is 0 Å². The first-order valence-corrected chi connectivity index (χ1v) is 9.55. The molecule has 1 aromatic heterocycles. The van der Waals surface area contributed by atoms with E-state index in [9.17, 15) is 4.79 Å². The lowest BCUT2D eigenvalue weighted by atomic mass is 10.0. The third kappa shape index (κ3) is 3.62. The molecule has 0 fully saturated rings. The number of rotatable bonds is 5. The Kier molecular flexibility index (Phi) is 4.99. The average molecular weight is 381 g/mol. The number of methoxy groups -OCH3 is 1. The van der Waals surface area contributed by atoms with Crippen molar-refractivity contribution in [1.29, 1.82) is 0 Å². The highest BCUT2D eigenvalue weighted by Crippen LogP contribution is 2.31. The molecule has 0 bridgehead atoms. The SMILES string of the molecule is COc1ccc(CCNC(=O)c2c3c(nc4ccc(Cl)cc24)CCC3)cc1. The number of carbonyl (C=O) groups excluding carboxylic acids is 1. The number of aryl methyl sites for hydroxylation is 1. The van der Waals surface area contributed by atoms with Crippen LogP contribution >= 0.6 is 11.6 Å². The number of halogens is 1. The minimum Gasteiger partial charge on any atom is -0.497 e. The van der Waals surface area contributed by atoms with Crippen molar-refractivity contribution in [3.63, 3.8) is 0 Å². The molecule has 3 aromatic rings. The number of carbonyl (C=O) groups is 1. The Labute approximate surface area is 163 Å². The molecule has 1 N–H and O–H groups in total. The lowest BCUT2D eigenvalue weighted by Crippen LogP contribution is -2.27. The smallest absolute Gasteiger partial charge is 0.252 e. The molecule has 0 saturated heterocycles. The highest BCUT2D eigenvalue weighted by Gasteiger charge is 2.23. The molecular formula is C22H21ClN2O2. The van der Waals surface area contributed by atoms with Crippen molar-refractivity contribution < 1.29 is 9.53 Å². The van der Waals surface area contributed by atoms with Crippen molar-refractivity contribution in [2.75, 3.05) is 13.7 Å². The Hall–Kier alpha value is -2.59. The van der Waals surface area contributed by atoms with Crippen LogP contribution in [0.2, 0.25) is 5.02 Å². The summed E-state index contributed by atoms with van der Waals surface area (Å²) in [6, 6.07) is 13.5. The number of hydrogen-bond acceptors (Lipinski definition) is 3. The molecule has 0 atom stereocenters. The summed E-state index contributed by atoms with van der Waals surface area (Å²) in [5, 5.41) is 4.53. The normalized spacial score (nSPS) is 12.8. The Morgan fingerprint density at radius 1 is 1.19 bits per heavy atom. The van der Waals surface area contributed by atoms with Crippen molar-refractivity contribution >= 4 is 28.4 Å². The molecule has 0 spiro atoms. The van der Waals surface area contributed by atoms with Crippen LogP contribution in [0.1, 0.15) is 33.6 Å². The number of aromatic nitrogens is 1. The van der Waals surface area contributed by atoms with Gasteiger partial charge >= 0.3 is 0 Å². The lowest BCUT2D eigenvalue weighted by Gasteiger charge is -2.13. The molecule has 1 amide bonds. The zero-order valence-corrected chi connectivity index (χ0v) is 16.0. The quantitative estimate of drug-likeness (QED) is 0.715. The molecule has 4 rings (SSSR count). The predicted octanol–water partition coefficient (Wildman–Crippen LogP) is 4.36. The predicted molar refractivity (Wildman–Crippen MR) is 108 cm³/mol. The van der Waals surface area contributed by atoms with E-state index < -0.39 is 0 Å². The second-order valence-electron chi connectivity index (χ2n) is 6.78. The summed E-state index contributed by atoms with van der Waals surface area (Å²) in [5.74, 6) is 0.787. The van der Waals surface area contributed by atoms with Crippen LogP contribution in [0.4, 0.5) is 0 Å². The fourth-order valence-corrected chi connectivity index (χ4v) is 3.87. The molecule has 1 heterocycles. The maximum Gasteiger partial charge on any atom is 0.252 e. The largest absolute Gasteiger partial charge is 0.497 e. The molecule has 0 saturated carbocycles. The third-order valence-electron chi connectivity index (χ3n) is 5.06. The van der Waals surface area contributed by atoms with E-state index in [0.29, 0.717) is 11.6 Å². The van der Waals surface area contributed by atoms with Crippen molar-refractivity contribution in [1.82, 2.24) is 10.3 Å². The number of benzene rings is 2. The zero-order valence-electron chi connectivity index (χ0n) is 15.2. The summed E-state index contributed by atoms with van der Waals surface area (Å²) in [6.07, 6.45) is 3.63. The van der Waals surface area contributed by atoms with E-state index in [1.807, 2.05) is 42.5 Å². The summed E-state index contributed by atoms with van der Waals surface area (Å²) in [4.78, 5) is 17.8. The van der Waals surface area contributed by atoms with Crippen LogP contribution in [0.15, 0.2) is 42.5 Å². The van der Waals surface area contributed by atoms with E-state index in [1.54, 1.807) is 7.11 Å². The molecule has 1 aliphatic carbocycles. The topological polar surface area (TPSA) is 51.2 Å². The highest BCUT2D eigenvalue weighted by molar-refractivity contribution is 6.31. The van der Waals surface area contributed by atoms with Crippen LogP contribution < -0.4 is 10.1 Å². The Balaban J connectivity index is 1.56. The Morgan fingerprint density at radius 3 is 2.78 bits per heavy atom. The minimum atomic E-state index is -0.0451. The van der Waals surface area contributed by atoms with Gasteiger partial charge in [-0.2, -0.15) is 0 Å². The number of nitrogens with one attached hydrogen (secondary N) is 1. The summed E-state index contributed by atoms with van der Waals surface area (Å²) >= 11 is 6.19. The van der Waals surface area contributed by atoms with E-state index >= 15 is 0 Å². The van der Waals surface area contributed by atoms with Crippen molar-refractivity contribution in [3.05, 3.63) is 69.9 Å². The fourth-order valence-electron chi connectivity index (χ4n) is 3.69. The van der Waals surface area contributed by atoms with Gasteiger partial charge in [-0.1, -0.05) is 23.7 Å². The third-order valence-corrected chi connectivity index (χ3v) is 5.29. The van der Waals surface area contributed by atoms with Crippen LogP contribution in [-0.4, -0.2) is 24.5 Å². The van der Waals surface area contributed by atoms with Gasteiger partial charge in [-0.15, -0.1) is 0 Å². The average Bonchev–Trinajstić information content (AvgIpc) is 3.14. The zero-order chi connectivity index (χ0) is 18.8. The number of nitrogens with zero attached hydrogens (tertiary/aromatic N) is 1. The first-order valence-electron chi connectivity index (χ1n) is 9.18. The van der Waals surface area contributed by atoms with E-state index in [0.717, 1.165) is 64.7 Å². The molecule has 138 valence electrons. The standard InChI is InChI=1S/C22H21ClN2O2/c1-27-16-8-5-14(6-9-16)11-12-24-22(26)21-17-3-2-4-19(17)25-20-10-7-15(23)13-18(20)21/h5-10,13H,2-4,11-12H2,1H3,(H,24,26). The molecular weight excluding hydrogens is 360 g/mol. The van der Waals surface area contributed by atoms with E-state index in [1.165, 1.54) is 0 Å². The molecule has 0 radical (unpaired) electrons. The Bertz CT molecular complexity index is 999. The van der Waals surface area contributed by atoms with Crippen molar-refractivity contribution in [2.45, 2.75) is 25.7 Å². The summed E-state index contributed by atoms with van der Waals surface area (Å²) in [7, 11) is 1.65. The fraction of sp³-hybridized carbons (Fsp3) is 0.273. The van der Waals surface area contributed by atoms with Gasteiger partial charge in [-0.25, -0.2) is 0 Å². The molecule has 4 nitrogen and oxygen atoms in total. The number of ether oxygens (including phenoxy) is 1. The molecule has 2 aromatic carbocycles. The number of fused-ring (bicyclic) bond motifs is 2. The van der Waals surface area contributed by atoms with Gasteiger partial charge in [0.1, 0.15) is 5.75 Å². The minimum absolute atomic E-state index is 0.0451. The molecule has 5 heteroatoms. The van der Waals surface area contributed by atoms with Crippen molar-refractivity contribution in [2.24, 2.45) is 0 Å². The van der Waals surface area contributed by atoms with Gasteiger partial charge in [0.2, 0.25) is 0 Å². The summed E-state index contributed by atoms with van der Waals surface area (Å²) < 4.78 is 5.18. The van der Waals surface area contributed by atoms with Gasteiger partial charge in [-0.05, 0) is 67.1 Å². The number of pyridine rings is 1. The molecule has 0 unspecified atom stereocenters. The lowest BCUT2D eigenvalue weighted by molar-refractivity contribution is 0.0955. The molecule has 27 heavy (non-hydrogen) atoms. The molecule has 1 aliphatic rings. The number of hydrogen-bond donors (Lipinski definition) is 1. The van der Waals surface area contributed by atoms with E-state index in [2.05, 4.69) is 5.32 Å². The van der Waals surface area contributed by atoms with Gasteiger partial charge in [-0.3, -0.25) is 9.78 Å². The second kappa shape index (κ2) is 7.57. The van der Waals surface area contributed by atoms with Crippen molar-refractivity contribution in [3.8, 4) is 5.75 Å². The van der Waals surface area contributed by atoms with E-state index in [4.69, 9.17) is 21.3 Å². The monoisotopic (exact) mass is 380 g/mol. The Morgan fingerprint density at radius 2 is 2.00 bits per heavy atom. The maximum atomic E-state index is 13.0. The summed E-state index contributed by atoms with van der Waals surface area (Å²) in [6.45, 7) is 0.574. The van der Waals surface area contributed by atoms with Crippen LogP contribution in [0, 0.1) is 0 Å². The second-order valence-corrected chi connectivity index (χ2v) is 7.22.